The van der Waals surface area contributed by atoms with Crippen LogP contribution in [0.2, 0.25) is 0 Å². The molecule has 0 aliphatic heterocycles. The molecule has 2 aromatic carbocycles. The molecule has 0 radical (unpaired) electrons. The minimum absolute atomic E-state index is 0.197. The van der Waals surface area contributed by atoms with Crippen molar-refractivity contribution >= 4 is 55.7 Å². The van der Waals surface area contributed by atoms with E-state index in [2.05, 4.69) is 15.3 Å². The number of hydrogen-bond donors (Lipinski definition) is 2. The van der Waals surface area contributed by atoms with Crippen molar-refractivity contribution in [3.8, 4) is 0 Å². The molecule has 0 fully saturated rings. The molecule has 0 unspecified atom stereocenters. The molecule has 0 atom stereocenters. The van der Waals surface area contributed by atoms with Gasteiger partial charge in [0.05, 0.1) is 21.1 Å². The van der Waals surface area contributed by atoms with Gasteiger partial charge in [-0.1, -0.05) is 17.4 Å². The Morgan fingerprint density at radius 3 is 2.88 bits per heavy atom. The van der Waals surface area contributed by atoms with Crippen LogP contribution in [0.25, 0.3) is 21.1 Å². The molecule has 4 aromatic rings. The van der Waals surface area contributed by atoms with Crippen LogP contribution in [0.5, 0.6) is 0 Å². The molecule has 6 nitrogen and oxygen atoms in total. The maximum atomic E-state index is 12.6. The van der Waals surface area contributed by atoms with E-state index in [4.69, 9.17) is 12.2 Å². The Bertz CT molecular complexity index is 1300. The highest BCUT2D eigenvalue weighted by Crippen LogP contribution is 2.27. The number of aromatic amines is 1. The molecule has 0 saturated heterocycles. The van der Waals surface area contributed by atoms with Crippen molar-refractivity contribution in [2.75, 3.05) is 5.32 Å². The topological polar surface area (TPSA) is 79.8 Å². The normalized spacial score (nSPS) is 11.2. The highest BCUT2D eigenvalue weighted by molar-refractivity contribution is 7.71. The monoisotopic (exact) mass is 382 g/mol. The van der Waals surface area contributed by atoms with Crippen molar-refractivity contribution in [3.05, 3.63) is 62.6 Å². The summed E-state index contributed by atoms with van der Waals surface area (Å²) in [7, 11) is 1.61. The third-order valence-corrected chi connectivity index (χ3v) is 5.44. The molecule has 8 heteroatoms. The Hall–Kier alpha value is -2.84. The number of fused-ring (bicyclic) bond motifs is 2. The van der Waals surface area contributed by atoms with Gasteiger partial charge in [-0.25, -0.2) is 4.98 Å². The summed E-state index contributed by atoms with van der Waals surface area (Å²) in [6, 6.07) is 10.8. The number of nitrogens with zero attached hydrogens (tertiary/aromatic N) is 2. The van der Waals surface area contributed by atoms with E-state index in [0.717, 1.165) is 15.8 Å². The zero-order chi connectivity index (χ0) is 18.4. The van der Waals surface area contributed by atoms with Crippen molar-refractivity contribution in [1.29, 1.82) is 0 Å². The lowest BCUT2D eigenvalue weighted by Crippen LogP contribution is -2.19. The van der Waals surface area contributed by atoms with Crippen LogP contribution in [0.1, 0.15) is 15.9 Å². The highest BCUT2D eigenvalue weighted by Gasteiger charge is 2.12. The summed E-state index contributed by atoms with van der Waals surface area (Å²) in [5.41, 5.74) is 2.75. The molecule has 4 rings (SSSR count). The molecular formula is C18H14N4O2S2. The number of H-pyrrole nitrogens is 1. The average Bonchev–Trinajstić information content (AvgIpc) is 3.00. The number of aryl methyl sites for hydroxylation is 1. The predicted octanol–water partition coefficient (Wildman–Crippen LogP) is 3.77. The van der Waals surface area contributed by atoms with Gasteiger partial charge >= 0.3 is 0 Å². The van der Waals surface area contributed by atoms with Gasteiger partial charge in [0.1, 0.15) is 0 Å². The van der Waals surface area contributed by atoms with Crippen molar-refractivity contribution in [2.45, 2.75) is 6.92 Å². The molecule has 0 bridgehead atoms. The summed E-state index contributed by atoms with van der Waals surface area (Å²) in [6.45, 7) is 2.01. The van der Waals surface area contributed by atoms with Gasteiger partial charge in [-0.15, -0.1) is 0 Å². The smallest absolute Gasteiger partial charge is 0.261 e. The van der Waals surface area contributed by atoms with Gasteiger partial charge in [-0.3, -0.25) is 19.5 Å². The summed E-state index contributed by atoms with van der Waals surface area (Å²) in [5.74, 6) is -0.289. The van der Waals surface area contributed by atoms with E-state index >= 15 is 0 Å². The number of carbonyl (C=O) groups excluding carboxylic acids is 1. The Labute approximate surface area is 157 Å². The molecule has 0 aliphatic carbocycles. The third kappa shape index (κ3) is 2.83. The second-order valence-electron chi connectivity index (χ2n) is 6.00. The number of rotatable bonds is 2. The van der Waals surface area contributed by atoms with Crippen LogP contribution in [0.15, 0.2) is 41.2 Å². The van der Waals surface area contributed by atoms with Gasteiger partial charge in [0, 0.05) is 12.6 Å². The Kier molecular flexibility index (Phi) is 3.93. The zero-order valence-corrected chi connectivity index (χ0v) is 15.6. The zero-order valence-electron chi connectivity index (χ0n) is 14.0. The van der Waals surface area contributed by atoms with Gasteiger partial charge in [0.2, 0.25) is 0 Å². The number of benzene rings is 2. The molecular weight excluding hydrogens is 368 g/mol. The van der Waals surface area contributed by atoms with Crippen LogP contribution in [-0.2, 0) is 7.05 Å². The summed E-state index contributed by atoms with van der Waals surface area (Å²) >= 11 is 6.55. The largest absolute Gasteiger partial charge is 0.332 e. The number of hydrogen-bond acceptors (Lipinski definition) is 5. The Balaban J connectivity index is 1.70. The Morgan fingerprint density at radius 2 is 2.08 bits per heavy atom. The van der Waals surface area contributed by atoms with Gasteiger partial charge in [0.15, 0.2) is 9.90 Å². The first-order chi connectivity index (χ1) is 12.4. The van der Waals surface area contributed by atoms with Crippen molar-refractivity contribution in [3.63, 3.8) is 0 Å². The van der Waals surface area contributed by atoms with E-state index in [-0.39, 0.29) is 11.5 Å². The van der Waals surface area contributed by atoms with Gasteiger partial charge < -0.3 is 4.98 Å². The second kappa shape index (κ2) is 6.15. The molecule has 0 saturated carbocycles. The van der Waals surface area contributed by atoms with E-state index in [9.17, 15) is 9.59 Å². The van der Waals surface area contributed by atoms with E-state index in [1.165, 1.54) is 15.9 Å². The fraction of sp³-hybridized carbons (Fsp3) is 0.111. The van der Waals surface area contributed by atoms with E-state index in [0.29, 0.717) is 26.4 Å². The first-order valence-electron chi connectivity index (χ1n) is 7.84. The quantitative estimate of drug-likeness (QED) is 0.517. The fourth-order valence-electron chi connectivity index (χ4n) is 2.70. The van der Waals surface area contributed by atoms with Crippen LogP contribution in [-0.4, -0.2) is 20.4 Å². The highest BCUT2D eigenvalue weighted by atomic mass is 32.1. The standard InChI is InChI=1S/C18H14N4O2S2/c1-9-3-6-12-14(7-9)26-17(19-12)21-15(23)10-4-5-11-13(8-10)20-18(25)22(2)16(11)24/h3-8H,1-2H3,(H,20,25)(H,19,21,23). The SMILES string of the molecule is Cc1ccc2nc(NC(=O)c3ccc4c(=O)n(C)c(=S)[nH]c4c3)sc2c1. The molecule has 0 aliphatic rings. The summed E-state index contributed by atoms with van der Waals surface area (Å²) in [6.07, 6.45) is 0. The molecule has 2 N–H and O–H groups in total. The van der Waals surface area contributed by atoms with Crippen LogP contribution >= 0.6 is 23.6 Å². The summed E-state index contributed by atoms with van der Waals surface area (Å²) in [5, 5.41) is 3.83. The van der Waals surface area contributed by atoms with Gasteiger partial charge in [-0.2, -0.15) is 0 Å². The van der Waals surface area contributed by atoms with E-state index in [1.54, 1.807) is 25.2 Å². The maximum absolute atomic E-state index is 12.6. The molecule has 2 aromatic heterocycles. The predicted molar refractivity (Wildman–Crippen MR) is 107 cm³/mol. The van der Waals surface area contributed by atoms with Crippen molar-refractivity contribution < 1.29 is 4.79 Å². The lowest BCUT2D eigenvalue weighted by atomic mass is 10.1. The Morgan fingerprint density at radius 1 is 1.27 bits per heavy atom. The minimum Gasteiger partial charge on any atom is -0.332 e. The van der Waals surface area contributed by atoms with Crippen LogP contribution in [0.3, 0.4) is 0 Å². The summed E-state index contributed by atoms with van der Waals surface area (Å²) in [4.78, 5) is 32.2. The maximum Gasteiger partial charge on any atom is 0.261 e. The van der Waals surface area contributed by atoms with E-state index < -0.39 is 0 Å². The summed E-state index contributed by atoms with van der Waals surface area (Å²) < 4.78 is 2.69. The van der Waals surface area contributed by atoms with E-state index in [1.807, 2.05) is 25.1 Å². The number of thiazole rings is 1. The lowest BCUT2D eigenvalue weighted by Gasteiger charge is -2.05. The number of carbonyl (C=O) groups is 1. The average molecular weight is 382 g/mol. The van der Waals surface area contributed by atoms with Crippen LogP contribution < -0.4 is 10.9 Å². The first-order valence-corrected chi connectivity index (χ1v) is 9.06. The number of aromatic nitrogens is 3. The lowest BCUT2D eigenvalue weighted by molar-refractivity contribution is 0.102. The molecule has 26 heavy (non-hydrogen) atoms. The van der Waals surface area contributed by atoms with Crippen LogP contribution in [0, 0.1) is 11.7 Å². The second-order valence-corrected chi connectivity index (χ2v) is 7.42. The molecule has 0 spiro atoms. The minimum atomic E-state index is -0.289. The number of anilines is 1. The number of nitrogens with one attached hydrogen (secondary N) is 2. The van der Waals surface area contributed by atoms with Gasteiger partial charge in [-0.05, 0) is 55.0 Å². The molecule has 1 amide bonds. The van der Waals surface area contributed by atoms with Crippen molar-refractivity contribution in [2.24, 2.45) is 7.05 Å². The molecule has 130 valence electrons. The first kappa shape index (κ1) is 16.6. The van der Waals surface area contributed by atoms with Gasteiger partial charge in [0.25, 0.3) is 11.5 Å². The van der Waals surface area contributed by atoms with Crippen LogP contribution in [0.4, 0.5) is 5.13 Å². The molecule has 2 heterocycles. The third-order valence-electron chi connectivity index (χ3n) is 4.13. The fourth-order valence-corrected chi connectivity index (χ4v) is 3.85. The van der Waals surface area contributed by atoms with Crippen molar-refractivity contribution in [1.82, 2.24) is 14.5 Å². The number of amides is 1.